The number of halogens is 1. The van der Waals surface area contributed by atoms with E-state index < -0.39 is 0 Å². The molecule has 1 fully saturated rings. The molecular formula is C13H19FN2O. The fourth-order valence-corrected chi connectivity index (χ4v) is 1.87. The van der Waals surface area contributed by atoms with Crippen molar-refractivity contribution in [3.05, 3.63) is 29.6 Å². The molecule has 3 nitrogen and oxygen atoms in total. The Bertz CT molecular complexity index is 380. The monoisotopic (exact) mass is 238 g/mol. The first-order chi connectivity index (χ1) is 8.24. The minimum atomic E-state index is -0.336. The molecule has 1 aliphatic carbocycles. The zero-order valence-electron chi connectivity index (χ0n) is 10.1. The fraction of sp³-hybridized carbons (Fsp3) is 0.538. The van der Waals surface area contributed by atoms with Crippen molar-refractivity contribution in [1.82, 2.24) is 5.32 Å². The largest absolute Gasteiger partial charge is 0.494 e. The molecule has 1 saturated carbocycles. The smallest absolute Gasteiger partial charge is 0.165 e. The minimum absolute atomic E-state index is 0.0241. The number of nitrogens with two attached hydrogens (primary N) is 1. The zero-order chi connectivity index (χ0) is 12.3. The molecule has 1 atom stereocenters. The number of methoxy groups -OCH3 is 1. The summed E-state index contributed by atoms with van der Waals surface area (Å²) in [5, 5.41) is 3.38. The highest BCUT2D eigenvalue weighted by atomic mass is 19.1. The van der Waals surface area contributed by atoms with Gasteiger partial charge in [-0.15, -0.1) is 0 Å². The lowest BCUT2D eigenvalue weighted by atomic mass is 10.1. The van der Waals surface area contributed by atoms with Gasteiger partial charge in [-0.3, -0.25) is 0 Å². The van der Waals surface area contributed by atoms with Crippen LogP contribution < -0.4 is 15.8 Å². The van der Waals surface area contributed by atoms with Gasteiger partial charge in [-0.2, -0.15) is 0 Å². The predicted octanol–water partition coefficient (Wildman–Crippen LogP) is 1.83. The number of benzene rings is 1. The van der Waals surface area contributed by atoms with E-state index >= 15 is 0 Å². The molecule has 0 saturated heterocycles. The quantitative estimate of drug-likeness (QED) is 0.795. The van der Waals surface area contributed by atoms with E-state index in [1.807, 2.05) is 6.07 Å². The Kier molecular flexibility index (Phi) is 3.97. The van der Waals surface area contributed by atoms with Gasteiger partial charge in [-0.25, -0.2) is 4.39 Å². The fourth-order valence-electron chi connectivity index (χ4n) is 1.87. The van der Waals surface area contributed by atoms with Crippen molar-refractivity contribution in [3.8, 4) is 5.75 Å². The van der Waals surface area contributed by atoms with Crippen molar-refractivity contribution in [3.63, 3.8) is 0 Å². The van der Waals surface area contributed by atoms with Crippen LogP contribution in [0.2, 0.25) is 0 Å². The van der Waals surface area contributed by atoms with E-state index in [2.05, 4.69) is 5.32 Å². The van der Waals surface area contributed by atoms with Crippen LogP contribution in [0.3, 0.4) is 0 Å². The standard InChI is InChI=1S/C13H19FN2O/c1-17-13-5-4-10(6-11(13)14)12(7-15)16-8-9-2-3-9/h4-6,9,12,16H,2-3,7-8,15H2,1H3. The van der Waals surface area contributed by atoms with Crippen molar-refractivity contribution in [2.45, 2.75) is 18.9 Å². The molecule has 4 heteroatoms. The molecule has 1 aromatic rings. The molecule has 0 spiro atoms. The summed E-state index contributed by atoms with van der Waals surface area (Å²) in [4.78, 5) is 0. The van der Waals surface area contributed by atoms with Crippen LogP contribution >= 0.6 is 0 Å². The van der Waals surface area contributed by atoms with E-state index in [0.717, 1.165) is 18.0 Å². The summed E-state index contributed by atoms with van der Waals surface area (Å²) >= 11 is 0. The average molecular weight is 238 g/mol. The molecule has 1 aromatic carbocycles. The first-order valence-corrected chi connectivity index (χ1v) is 6.01. The first kappa shape index (κ1) is 12.3. The van der Waals surface area contributed by atoms with E-state index in [0.29, 0.717) is 6.54 Å². The Hall–Kier alpha value is -1.13. The maximum atomic E-state index is 13.6. The molecular weight excluding hydrogens is 219 g/mol. The van der Waals surface area contributed by atoms with Gasteiger partial charge in [0.25, 0.3) is 0 Å². The summed E-state index contributed by atoms with van der Waals surface area (Å²) in [7, 11) is 1.46. The molecule has 2 rings (SSSR count). The van der Waals surface area contributed by atoms with Crippen LogP contribution in [0.4, 0.5) is 4.39 Å². The Balaban J connectivity index is 2.03. The molecule has 1 aliphatic rings. The second-order valence-corrected chi connectivity index (χ2v) is 4.53. The summed E-state index contributed by atoms with van der Waals surface area (Å²) in [6.07, 6.45) is 2.59. The van der Waals surface area contributed by atoms with Crippen LogP contribution in [0.1, 0.15) is 24.4 Å². The Labute approximate surface area is 101 Å². The van der Waals surface area contributed by atoms with Gasteiger partial charge in [-0.05, 0) is 43.0 Å². The molecule has 94 valence electrons. The third kappa shape index (κ3) is 3.17. The van der Waals surface area contributed by atoms with Gasteiger partial charge in [0.2, 0.25) is 0 Å². The van der Waals surface area contributed by atoms with Gasteiger partial charge in [0.1, 0.15) is 0 Å². The molecule has 0 bridgehead atoms. The van der Waals surface area contributed by atoms with Crippen LogP contribution in [0.5, 0.6) is 5.75 Å². The molecule has 3 N–H and O–H groups in total. The third-order valence-electron chi connectivity index (χ3n) is 3.16. The van der Waals surface area contributed by atoms with Gasteiger partial charge < -0.3 is 15.8 Å². The van der Waals surface area contributed by atoms with Crippen molar-refractivity contribution < 1.29 is 9.13 Å². The second-order valence-electron chi connectivity index (χ2n) is 4.53. The second kappa shape index (κ2) is 5.47. The topological polar surface area (TPSA) is 47.3 Å². The van der Waals surface area contributed by atoms with Crippen molar-refractivity contribution in [2.24, 2.45) is 11.7 Å². The molecule has 0 heterocycles. The third-order valence-corrected chi connectivity index (χ3v) is 3.16. The number of nitrogens with one attached hydrogen (secondary N) is 1. The van der Waals surface area contributed by atoms with Crippen molar-refractivity contribution in [2.75, 3.05) is 20.2 Å². The lowest BCUT2D eigenvalue weighted by molar-refractivity contribution is 0.385. The number of hydrogen-bond donors (Lipinski definition) is 2. The van der Waals surface area contributed by atoms with Crippen LogP contribution in [0.25, 0.3) is 0 Å². The SMILES string of the molecule is COc1ccc(C(CN)NCC2CC2)cc1F. The van der Waals surface area contributed by atoms with Gasteiger partial charge in [-0.1, -0.05) is 6.07 Å². The van der Waals surface area contributed by atoms with Gasteiger partial charge in [0, 0.05) is 12.6 Å². The minimum Gasteiger partial charge on any atom is -0.494 e. The molecule has 1 unspecified atom stereocenters. The molecule has 0 amide bonds. The Morgan fingerprint density at radius 1 is 1.53 bits per heavy atom. The maximum absolute atomic E-state index is 13.6. The average Bonchev–Trinajstić information content (AvgIpc) is 3.14. The van der Waals surface area contributed by atoms with Crippen LogP contribution in [-0.4, -0.2) is 20.2 Å². The zero-order valence-corrected chi connectivity index (χ0v) is 10.1. The van der Waals surface area contributed by atoms with Crippen molar-refractivity contribution in [1.29, 1.82) is 0 Å². The molecule has 0 aromatic heterocycles. The van der Waals surface area contributed by atoms with Gasteiger partial charge in [0.15, 0.2) is 11.6 Å². The number of ether oxygens (including phenoxy) is 1. The Morgan fingerprint density at radius 2 is 2.29 bits per heavy atom. The maximum Gasteiger partial charge on any atom is 0.165 e. The van der Waals surface area contributed by atoms with E-state index in [1.54, 1.807) is 6.07 Å². The van der Waals surface area contributed by atoms with E-state index in [-0.39, 0.29) is 17.6 Å². The normalized spacial score (nSPS) is 16.9. The van der Waals surface area contributed by atoms with E-state index in [4.69, 9.17) is 10.5 Å². The lowest BCUT2D eigenvalue weighted by Crippen LogP contribution is -2.29. The highest BCUT2D eigenvalue weighted by molar-refractivity contribution is 5.31. The summed E-state index contributed by atoms with van der Waals surface area (Å²) in [5.74, 6) is 0.718. The highest BCUT2D eigenvalue weighted by Crippen LogP contribution is 2.29. The van der Waals surface area contributed by atoms with Crippen LogP contribution in [0.15, 0.2) is 18.2 Å². The molecule has 0 radical (unpaired) electrons. The van der Waals surface area contributed by atoms with Crippen LogP contribution in [-0.2, 0) is 0 Å². The number of rotatable bonds is 6. The first-order valence-electron chi connectivity index (χ1n) is 6.01. The molecule has 0 aliphatic heterocycles. The molecule has 17 heavy (non-hydrogen) atoms. The van der Waals surface area contributed by atoms with Gasteiger partial charge >= 0.3 is 0 Å². The summed E-state index contributed by atoms with van der Waals surface area (Å²) < 4.78 is 18.5. The van der Waals surface area contributed by atoms with E-state index in [1.165, 1.54) is 26.0 Å². The van der Waals surface area contributed by atoms with Crippen molar-refractivity contribution >= 4 is 0 Å². The Morgan fingerprint density at radius 3 is 2.82 bits per heavy atom. The summed E-state index contributed by atoms with van der Waals surface area (Å²) in [6.45, 7) is 1.44. The predicted molar refractivity (Wildman–Crippen MR) is 65.5 cm³/mol. The van der Waals surface area contributed by atoms with Gasteiger partial charge in [0.05, 0.1) is 7.11 Å². The van der Waals surface area contributed by atoms with Crippen LogP contribution in [0, 0.1) is 11.7 Å². The number of hydrogen-bond acceptors (Lipinski definition) is 3. The summed E-state index contributed by atoms with van der Waals surface area (Å²) in [5.41, 5.74) is 6.60. The summed E-state index contributed by atoms with van der Waals surface area (Å²) in [6, 6.07) is 5.03. The lowest BCUT2D eigenvalue weighted by Gasteiger charge is -2.17. The van der Waals surface area contributed by atoms with E-state index in [9.17, 15) is 4.39 Å². The highest BCUT2D eigenvalue weighted by Gasteiger charge is 2.22.